The van der Waals surface area contributed by atoms with Gasteiger partial charge in [-0.2, -0.15) is 0 Å². The molecule has 0 saturated heterocycles. The van der Waals surface area contributed by atoms with Gasteiger partial charge in [0.15, 0.2) is 5.13 Å². The minimum Gasteiger partial charge on any atom is -0.496 e. The summed E-state index contributed by atoms with van der Waals surface area (Å²) in [5.74, 6) is 0.745. The number of halogens is 1. The van der Waals surface area contributed by atoms with Gasteiger partial charge < -0.3 is 10.1 Å². The SMILES string of the molecule is COc1ccc(CC(=O)Nc2nc3c(Br)cccc3s2)cc1C. The Balaban J connectivity index is 1.73. The van der Waals surface area contributed by atoms with E-state index in [2.05, 4.69) is 26.2 Å². The average molecular weight is 391 g/mol. The summed E-state index contributed by atoms with van der Waals surface area (Å²) in [4.78, 5) is 16.7. The van der Waals surface area contributed by atoms with Crippen molar-refractivity contribution in [2.75, 3.05) is 12.4 Å². The van der Waals surface area contributed by atoms with Gasteiger partial charge in [-0.1, -0.05) is 29.5 Å². The molecule has 1 N–H and O–H groups in total. The van der Waals surface area contributed by atoms with E-state index in [9.17, 15) is 4.79 Å². The van der Waals surface area contributed by atoms with Gasteiger partial charge in [-0.05, 0) is 52.2 Å². The summed E-state index contributed by atoms with van der Waals surface area (Å²) in [7, 11) is 1.64. The number of carbonyl (C=O) groups is 1. The van der Waals surface area contributed by atoms with Crippen LogP contribution in [0.25, 0.3) is 10.2 Å². The maximum atomic E-state index is 12.2. The number of benzene rings is 2. The minimum absolute atomic E-state index is 0.0789. The van der Waals surface area contributed by atoms with Gasteiger partial charge in [-0.15, -0.1) is 0 Å². The number of thiazole rings is 1. The highest BCUT2D eigenvalue weighted by Crippen LogP contribution is 2.31. The number of aromatic nitrogens is 1. The van der Waals surface area contributed by atoms with Gasteiger partial charge in [0.05, 0.1) is 23.7 Å². The molecule has 3 rings (SSSR count). The highest BCUT2D eigenvalue weighted by atomic mass is 79.9. The Morgan fingerprint density at radius 3 is 2.87 bits per heavy atom. The highest BCUT2D eigenvalue weighted by molar-refractivity contribution is 9.10. The zero-order valence-electron chi connectivity index (χ0n) is 12.7. The Bertz CT molecular complexity index is 876. The number of rotatable bonds is 4. The molecule has 1 heterocycles. The van der Waals surface area contributed by atoms with Gasteiger partial charge in [0.2, 0.25) is 5.91 Å². The quantitative estimate of drug-likeness (QED) is 0.710. The number of aryl methyl sites for hydroxylation is 1. The number of fused-ring (bicyclic) bond motifs is 1. The fourth-order valence-corrected chi connectivity index (χ4v) is 3.86. The van der Waals surface area contributed by atoms with E-state index in [1.165, 1.54) is 11.3 Å². The molecule has 0 radical (unpaired) electrons. The maximum absolute atomic E-state index is 12.2. The molecule has 0 spiro atoms. The van der Waals surface area contributed by atoms with Crippen molar-refractivity contribution in [1.29, 1.82) is 0 Å². The summed E-state index contributed by atoms with van der Waals surface area (Å²) in [5, 5.41) is 3.48. The number of carbonyl (C=O) groups excluding carboxylic acids is 1. The maximum Gasteiger partial charge on any atom is 0.230 e. The molecule has 4 nitrogen and oxygen atoms in total. The highest BCUT2D eigenvalue weighted by Gasteiger charge is 2.11. The van der Waals surface area contributed by atoms with Crippen molar-refractivity contribution in [2.24, 2.45) is 0 Å². The van der Waals surface area contributed by atoms with Gasteiger partial charge >= 0.3 is 0 Å². The molecule has 23 heavy (non-hydrogen) atoms. The van der Waals surface area contributed by atoms with Gasteiger partial charge in [0.1, 0.15) is 5.75 Å². The Labute approximate surface area is 146 Å². The van der Waals surface area contributed by atoms with Crippen molar-refractivity contribution in [3.63, 3.8) is 0 Å². The van der Waals surface area contributed by atoms with Gasteiger partial charge in [0.25, 0.3) is 0 Å². The number of nitrogens with zero attached hydrogens (tertiary/aromatic N) is 1. The van der Waals surface area contributed by atoms with Crippen LogP contribution in [0.4, 0.5) is 5.13 Å². The molecular weight excluding hydrogens is 376 g/mol. The first kappa shape index (κ1) is 16.0. The first-order valence-corrected chi connectivity index (χ1v) is 8.66. The third-order valence-electron chi connectivity index (χ3n) is 3.44. The summed E-state index contributed by atoms with van der Waals surface area (Å²) in [6.45, 7) is 1.96. The van der Waals surface area contributed by atoms with E-state index >= 15 is 0 Å². The third-order valence-corrected chi connectivity index (χ3v) is 5.02. The van der Waals surface area contributed by atoms with E-state index in [1.54, 1.807) is 7.11 Å². The molecule has 0 atom stereocenters. The molecule has 118 valence electrons. The van der Waals surface area contributed by atoms with Crippen molar-refractivity contribution >= 4 is 48.5 Å². The van der Waals surface area contributed by atoms with Crippen LogP contribution < -0.4 is 10.1 Å². The molecule has 0 aliphatic heterocycles. The molecule has 1 amide bonds. The smallest absolute Gasteiger partial charge is 0.230 e. The lowest BCUT2D eigenvalue weighted by Gasteiger charge is -2.07. The largest absolute Gasteiger partial charge is 0.496 e. The minimum atomic E-state index is -0.0789. The van der Waals surface area contributed by atoms with Crippen LogP contribution >= 0.6 is 27.3 Å². The van der Waals surface area contributed by atoms with Crippen molar-refractivity contribution in [2.45, 2.75) is 13.3 Å². The molecular formula is C17H15BrN2O2S. The Morgan fingerprint density at radius 1 is 1.35 bits per heavy atom. The molecule has 3 aromatic rings. The van der Waals surface area contributed by atoms with Crippen LogP contribution in [-0.4, -0.2) is 18.0 Å². The van der Waals surface area contributed by atoms with Crippen LogP contribution in [0.15, 0.2) is 40.9 Å². The van der Waals surface area contributed by atoms with Gasteiger partial charge in [-0.3, -0.25) is 4.79 Å². The fourth-order valence-electron chi connectivity index (χ4n) is 2.37. The van der Waals surface area contributed by atoms with Crippen LogP contribution in [0.3, 0.4) is 0 Å². The number of hydrogen-bond donors (Lipinski definition) is 1. The second kappa shape index (κ2) is 6.68. The van der Waals surface area contributed by atoms with E-state index in [4.69, 9.17) is 4.74 Å². The van der Waals surface area contributed by atoms with Crippen molar-refractivity contribution < 1.29 is 9.53 Å². The topological polar surface area (TPSA) is 51.2 Å². The van der Waals surface area contributed by atoms with Crippen molar-refractivity contribution in [3.05, 3.63) is 52.0 Å². The predicted octanol–water partition coefficient (Wildman–Crippen LogP) is 4.56. The van der Waals surface area contributed by atoms with E-state index in [0.29, 0.717) is 11.6 Å². The van der Waals surface area contributed by atoms with Crippen LogP contribution in [-0.2, 0) is 11.2 Å². The number of amides is 1. The van der Waals surface area contributed by atoms with E-state index in [-0.39, 0.29) is 5.91 Å². The summed E-state index contributed by atoms with van der Waals surface area (Å²) in [5.41, 5.74) is 2.83. The number of nitrogens with one attached hydrogen (secondary N) is 1. The van der Waals surface area contributed by atoms with Gasteiger partial charge in [0, 0.05) is 4.47 Å². The first-order chi connectivity index (χ1) is 11.1. The monoisotopic (exact) mass is 390 g/mol. The molecule has 0 fully saturated rings. The zero-order valence-corrected chi connectivity index (χ0v) is 15.1. The molecule has 0 saturated carbocycles. The number of anilines is 1. The van der Waals surface area contributed by atoms with E-state index in [0.717, 1.165) is 31.6 Å². The van der Waals surface area contributed by atoms with E-state index in [1.807, 2.05) is 43.3 Å². The summed E-state index contributed by atoms with van der Waals surface area (Å²) in [6, 6.07) is 11.6. The van der Waals surface area contributed by atoms with Crippen LogP contribution in [0.5, 0.6) is 5.75 Å². The van der Waals surface area contributed by atoms with Crippen molar-refractivity contribution in [3.8, 4) is 5.75 Å². The number of ether oxygens (including phenoxy) is 1. The standard InChI is InChI=1S/C17H15BrN2O2S/c1-10-8-11(6-7-13(10)22-2)9-15(21)19-17-20-16-12(18)4-3-5-14(16)23-17/h3-8H,9H2,1-2H3,(H,19,20,21). The number of para-hydroxylation sites is 1. The molecule has 6 heteroatoms. The molecule has 0 bridgehead atoms. The van der Waals surface area contributed by atoms with Crippen LogP contribution in [0, 0.1) is 6.92 Å². The molecule has 0 unspecified atom stereocenters. The lowest BCUT2D eigenvalue weighted by atomic mass is 10.1. The lowest BCUT2D eigenvalue weighted by molar-refractivity contribution is -0.115. The van der Waals surface area contributed by atoms with Crippen LogP contribution in [0.2, 0.25) is 0 Å². The third kappa shape index (κ3) is 3.54. The second-order valence-electron chi connectivity index (χ2n) is 5.13. The fraction of sp³-hybridized carbons (Fsp3) is 0.176. The average Bonchev–Trinajstić information content (AvgIpc) is 2.91. The summed E-state index contributed by atoms with van der Waals surface area (Å²) < 4.78 is 7.20. The molecule has 2 aromatic carbocycles. The molecule has 0 aliphatic rings. The van der Waals surface area contributed by atoms with E-state index < -0.39 is 0 Å². The predicted molar refractivity (Wildman–Crippen MR) is 97.4 cm³/mol. The Kier molecular flexibility index (Phi) is 4.63. The normalized spacial score (nSPS) is 10.7. The number of hydrogen-bond acceptors (Lipinski definition) is 4. The molecule has 1 aromatic heterocycles. The lowest BCUT2D eigenvalue weighted by Crippen LogP contribution is -2.14. The van der Waals surface area contributed by atoms with Gasteiger partial charge in [-0.25, -0.2) is 4.98 Å². The summed E-state index contributed by atoms with van der Waals surface area (Å²) >= 11 is 4.94. The summed E-state index contributed by atoms with van der Waals surface area (Å²) in [6.07, 6.45) is 0.307. The first-order valence-electron chi connectivity index (χ1n) is 7.05. The van der Waals surface area contributed by atoms with Crippen molar-refractivity contribution in [1.82, 2.24) is 4.98 Å². The molecule has 0 aliphatic carbocycles. The Hall–Kier alpha value is -1.92. The van der Waals surface area contributed by atoms with Crippen LogP contribution in [0.1, 0.15) is 11.1 Å². The number of methoxy groups -OCH3 is 1. The Morgan fingerprint density at radius 2 is 2.17 bits per heavy atom. The zero-order chi connectivity index (χ0) is 16.4. The second-order valence-corrected chi connectivity index (χ2v) is 7.02.